The SMILES string of the molecule is O=C(CCCCC(O)c1ccc(-c2ccccc2OCCN2CCOCC2)cc1)NO. The van der Waals surface area contributed by atoms with Crippen LogP contribution in [0, 0.1) is 0 Å². The summed E-state index contributed by atoms with van der Waals surface area (Å²) < 4.78 is 11.5. The Kier molecular flexibility index (Phi) is 9.30. The molecule has 0 aliphatic carbocycles. The van der Waals surface area contributed by atoms with Crippen LogP contribution in [0.2, 0.25) is 0 Å². The summed E-state index contributed by atoms with van der Waals surface area (Å²) in [5.41, 5.74) is 4.54. The Morgan fingerprint density at radius 1 is 1.10 bits per heavy atom. The fraction of sp³-hybridized carbons (Fsp3) is 0.458. The molecule has 0 radical (unpaired) electrons. The largest absolute Gasteiger partial charge is 0.492 e. The van der Waals surface area contributed by atoms with Crippen LogP contribution in [0.3, 0.4) is 0 Å². The zero-order valence-electron chi connectivity index (χ0n) is 17.8. The molecule has 3 N–H and O–H groups in total. The molecule has 0 bridgehead atoms. The van der Waals surface area contributed by atoms with Gasteiger partial charge in [0.1, 0.15) is 12.4 Å². The number of carbonyl (C=O) groups is 1. The number of rotatable bonds is 11. The first-order valence-corrected chi connectivity index (χ1v) is 10.9. The summed E-state index contributed by atoms with van der Waals surface area (Å²) in [6, 6.07) is 15.9. The molecular weight excluding hydrogens is 396 g/mol. The molecule has 1 heterocycles. The van der Waals surface area contributed by atoms with Crippen molar-refractivity contribution in [2.45, 2.75) is 31.8 Å². The smallest absolute Gasteiger partial charge is 0.243 e. The number of hydrogen-bond acceptors (Lipinski definition) is 6. The van der Waals surface area contributed by atoms with Gasteiger partial charge in [-0.05, 0) is 30.0 Å². The van der Waals surface area contributed by atoms with Crippen LogP contribution in [0.15, 0.2) is 48.5 Å². The van der Waals surface area contributed by atoms with Crippen molar-refractivity contribution < 1.29 is 24.6 Å². The molecule has 1 aliphatic heterocycles. The Morgan fingerprint density at radius 2 is 1.84 bits per heavy atom. The van der Waals surface area contributed by atoms with Gasteiger partial charge in [-0.1, -0.05) is 48.9 Å². The highest BCUT2D eigenvalue weighted by Gasteiger charge is 2.12. The van der Waals surface area contributed by atoms with E-state index in [-0.39, 0.29) is 6.42 Å². The summed E-state index contributed by atoms with van der Waals surface area (Å²) >= 11 is 0. The van der Waals surface area contributed by atoms with Crippen LogP contribution in [-0.2, 0) is 9.53 Å². The van der Waals surface area contributed by atoms with Gasteiger partial charge in [-0.15, -0.1) is 0 Å². The van der Waals surface area contributed by atoms with E-state index in [1.807, 2.05) is 48.5 Å². The second kappa shape index (κ2) is 12.4. The predicted octanol–water partition coefficient (Wildman–Crippen LogP) is 3.16. The number of unbranched alkanes of at least 4 members (excludes halogenated alkanes) is 1. The fourth-order valence-corrected chi connectivity index (χ4v) is 3.67. The summed E-state index contributed by atoms with van der Waals surface area (Å²) in [6.45, 7) is 4.97. The number of hydroxylamine groups is 1. The van der Waals surface area contributed by atoms with Gasteiger partial charge in [0.2, 0.25) is 5.91 Å². The van der Waals surface area contributed by atoms with Gasteiger partial charge in [0.25, 0.3) is 0 Å². The molecule has 1 amide bonds. The Labute approximate surface area is 183 Å². The summed E-state index contributed by atoms with van der Waals surface area (Å²) in [5.74, 6) is 0.455. The van der Waals surface area contributed by atoms with Crippen molar-refractivity contribution in [1.82, 2.24) is 10.4 Å². The number of nitrogens with one attached hydrogen (secondary N) is 1. The average molecular weight is 429 g/mol. The normalized spacial score (nSPS) is 15.4. The molecule has 1 aliphatic rings. The third kappa shape index (κ3) is 7.33. The van der Waals surface area contributed by atoms with E-state index in [4.69, 9.17) is 14.7 Å². The molecule has 7 nitrogen and oxygen atoms in total. The van der Waals surface area contributed by atoms with Crippen LogP contribution < -0.4 is 10.2 Å². The van der Waals surface area contributed by atoms with Crippen LogP contribution in [0.1, 0.15) is 37.4 Å². The first-order chi connectivity index (χ1) is 15.2. The molecule has 0 saturated carbocycles. The Bertz CT molecular complexity index is 806. The van der Waals surface area contributed by atoms with Crippen molar-refractivity contribution in [2.24, 2.45) is 0 Å². The minimum absolute atomic E-state index is 0.254. The molecule has 1 atom stereocenters. The standard InChI is InChI=1S/C24H32N2O5/c27-22(6-2-4-8-24(28)25-29)20-11-9-19(10-12-20)21-5-1-3-7-23(21)31-18-15-26-13-16-30-17-14-26/h1,3,5,7,9-12,22,27,29H,2,4,6,8,13-18H2,(H,25,28). The lowest BCUT2D eigenvalue weighted by atomic mass is 9.98. The van der Waals surface area contributed by atoms with Gasteiger partial charge in [0.15, 0.2) is 0 Å². The molecule has 31 heavy (non-hydrogen) atoms. The molecule has 0 spiro atoms. The first-order valence-electron chi connectivity index (χ1n) is 10.9. The number of para-hydroxylation sites is 1. The molecule has 168 valence electrons. The lowest BCUT2D eigenvalue weighted by molar-refractivity contribution is -0.129. The predicted molar refractivity (Wildman–Crippen MR) is 118 cm³/mol. The number of ether oxygens (including phenoxy) is 2. The van der Waals surface area contributed by atoms with E-state index < -0.39 is 12.0 Å². The van der Waals surface area contributed by atoms with Gasteiger partial charge in [0.05, 0.1) is 19.3 Å². The Morgan fingerprint density at radius 3 is 2.58 bits per heavy atom. The summed E-state index contributed by atoms with van der Waals surface area (Å²) in [6.07, 6.45) is 1.57. The Balaban J connectivity index is 1.53. The monoisotopic (exact) mass is 428 g/mol. The van der Waals surface area contributed by atoms with Crippen LogP contribution >= 0.6 is 0 Å². The number of hydrogen-bond donors (Lipinski definition) is 3. The van der Waals surface area contributed by atoms with Crippen LogP contribution in [0.5, 0.6) is 5.75 Å². The molecule has 1 fully saturated rings. The van der Waals surface area contributed by atoms with Crippen molar-refractivity contribution >= 4 is 5.91 Å². The third-order valence-corrected chi connectivity index (χ3v) is 5.52. The van der Waals surface area contributed by atoms with Gasteiger partial charge >= 0.3 is 0 Å². The average Bonchev–Trinajstić information content (AvgIpc) is 2.82. The highest BCUT2D eigenvalue weighted by Crippen LogP contribution is 2.31. The molecule has 1 saturated heterocycles. The van der Waals surface area contributed by atoms with E-state index in [2.05, 4.69) is 4.90 Å². The van der Waals surface area contributed by atoms with E-state index in [0.29, 0.717) is 25.9 Å². The number of carbonyl (C=O) groups excluding carboxylic acids is 1. The summed E-state index contributed by atoms with van der Waals surface area (Å²) in [5, 5.41) is 18.9. The Hall–Kier alpha value is -2.45. The number of amides is 1. The van der Waals surface area contributed by atoms with Crippen molar-refractivity contribution in [1.29, 1.82) is 0 Å². The summed E-state index contributed by atoms with van der Waals surface area (Å²) in [7, 11) is 0. The quantitative estimate of drug-likeness (QED) is 0.289. The van der Waals surface area contributed by atoms with E-state index in [1.54, 1.807) is 5.48 Å². The summed E-state index contributed by atoms with van der Waals surface area (Å²) in [4.78, 5) is 13.4. The topological polar surface area (TPSA) is 91.3 Å². The van der Waals surface area contributed by atoms with Gasteiger partial charge in [-0.2, -0.15) is 0 Å². The minimum Gasteiger partial charge on any atom is -0.492 e. The van der Waals surface area contributed by atoms with Gasteiger partial charge in [-0.3, -0.25) is 14.9 Å². The van der Waals surface area contributed by atoms with E-state index in [1.165, 1.54) is 0 Å². The zero-order chi connectivity index (χ0) is 21.9. The van der Waals surface area contributed by atoms with Gasteiger partial charge in [0, 0.05) is 31.6 Å². The second-order valence-electron chi connectivity index (χ2n) is 7.72. The molecule has 3 rings (SSSR count). The lowest BCUT2D eigenvalue weighted by Gasteiger charge is -2.26. The van der Waals surface area contributed by atoms with Gasteiger partial charge < -0.3 is 14.6 Å². The van der Waals surface area contributed by atoms with Crippen molar-refractivity contribution in [2.75, 3.05) is 39.5 Å². The highest BCUT2D eigenvalue weighted by molar-refractivity contribution is 5.74. The van der Waals surface area contributed by atoms with Gasteiger partial charge in [-0.25, -0.2) is 5.48 Å². The zero-order valence-corrected chi connectivity index (χ0v) is 17.8. The maximum absolute atomic E-state index is 11.0. The van der Waals surface area contributed by atoms with Crippen LogP contribution in [0.4, 0.5) is 0 Å². The molecule has 1 unspecified atom stereocenters. The number of nitrogens with zero attached hydrogens (tertiary/aromatic N) is 1. The number of aliphatic hydroxyl groups excluding tert-OH is 1. The molecule has 2 aromatic carbocycles. The number of aliphatic hydroxyl groups is 1. The van der Waals surface area contributed by atoms with Crippen molar-refractivity contribution in [3.05, 3.63) is 54.1 Å². The van der Waals surface area contributed by atoms with Crippen LogP contribution in [-0.4, -0.2) is 60.6 Å². The maximum atomic E-state index is 11.0. The minimum atomic E-state index is -0.578. The van der Waals surface area contributed by atoms with E-state index >= 15 is 0 Å². The van der Waals surface area contributed by atoms with E-state index in [0.717, 1.165) is 55.3 Å². The van der Waals surface area contributed by atoms with E-state index in [9.17, 15) is 9.90 Å². The number of morpholine rings is 1. The molecule has 2 aromatic rings. The fourth-order valence-electron chi connectivity index (χ4n) is 3.67. The second-order valence-corrected chi connectivity index (χ2v) is 7.72. The highest BCUT2D eigenvalue weighted by atomic mass is 16.5. The van der Waals surface area contributed by atoms with Crippen LogP contribution in [0.25, 0.3) is 11.1 Å². The van der Waals surface area contributed by atoms with Crippen molar-refractivity contribution in [3.8, 4) is 16.9 Å². The van der Waals surface area contributed by atoms with Crippen molar-refractivity contribution in [3.63, 3.8) is 0 Å². The number of benzene rings is 2. The third-order valence-electron chi connectivity index (χ3n) is 5.52. The molecular formula is C24H32N2O5. The molecule has 7 heteroatoms. The first kappa shape index (κ1) is 23.2. The maximum Gasteiger partial charge on any atom is 0.243 e. The lowest BCUT2D eigenvalue weighted by Crippen LogP contribution is -2.38. The molecule has 0 aromatic heterocycles.